The highest BCUT2D eigenvalue weighted by atomic mass is 32.2. The SMILES string of the molecule is NS(=O)(=O)c1ccc(NC(=O)Cn2c3c(sc2=O)C(c2ccccc2)C2C(=O)N(c4ccccc4C(F)(F)F)C(=O)C2S3)cc1. The smallest absolute Gasteiger partial charge is 0.325 e. The highest BCUT2D eigenvalue weighted by molar-refractivity contribution is 8.00. The predicted octanol–water partition coefficient (Wildman–Crippen LogP) is 4.01. The van der Waals surface area contributed by atoms with Crippen LogP contribution < -0.4 is 20.2 Å². The number of sulfonamides is 1. The summed E-state index contributed by atoms with van der Waals surface area (Å²) in [6.45, 7) is -0.490. The number of carbonyl (C=O) groups is 3. The number of halogens is 3. The molecule has 10 nitrogen and oxygen atoms in total. The summed E-state index contributed by atoms with van der Waals surface area (Å²) in [6.07, 6.45) is -4.83. The number of anilines is 2. The van der Waals surface area contributed by atoms with Gasteiger partial charge in [-0.25, -0.2) is 18.5 Å². The molecule has 1 fully saturated rings. The van der Waals surface area contributed by atoms with E-state index in [1.807, 2.05) is 0 Å². The standard InChI is InChI=1S/C29H21F3N4O6S3/c30-29(31,32)18-8-4-5-9-19(18)36-25(38)22-21(15-6-2-1-3-7-15)24-27(43-23(22)26(36)39)35(28(40)44-24)14-20(37)34-16-10-12-17(13-11-16)45(33,41)42/h1-13,21-23H,14H2,(H,34,37)(H2,33,41,42). The Morgan fingerprint density at radius 1 is 0.911 bits per heavy atom. The van der Waals surface area contributed by atoms with Crippen LogP contribution >= 0.6 is 23.1 Å². The molecule has 4 aromatic rings. The van der Waals surface area contributed by atoms with E-state index in [0.29, 0.717) is 15.3 Å². The van der Waals surface area contributed by atoms with Crippen molar-refractivity contribution in [2.75, 3.05) is 10.2 Å². The Labute approximate surface area is 261 Å². The summed E-state index contributed by atoms with van der Waals surface area (Å²) in [5, 5.41) is 6.76. The first-order chi connectivity index (χ1) is 21.3. The van der Waals surface area contributed by atoms with E-state index in [9.17, 15) is 40.8 Å². The molecule has 2 aliphatic rings. The van der Waals surface area contributed by atoms with Gasteiger partial charge >= 0.3 is 11.0 Å². The third kappa shape index (κ3) is 5.58. The van der Waals surface area contributed by atoms with Crippen LogP contribution in [0.15, 0.2) is 93.6 Å². The lowest BCUT2D eigenvalue weighted by atomic mass is 9.83. The van der Waals surface area contributed by atoms with Crippen molar-refractivity contribution in [2.24, 2.45) is 11.1 Å². The number of rotatable bonds is 6. The second kappa shape index (κ2) is 11.3. The maximum Gasteiger partial charge on any atom is 0.418 e. The molecule has 45 heavy (non-hydrogen) atoms. The van der Waals surface area contributed by atoms with E-state index in [-0.39, 0.29) is 15.6 Å². The molecule has 0 radical (unpaired) electrons. The number of aromatic nitrogens is 1. The minimum atomic E-state index is -4.83. The Bertz CT molecular complexity index is 2010. The van der Waals surface area contributed by atoms with Crippen molar-refractivity contribution in [1.29, 1.82) is 0 Å². The Morgan fingerprint density at radius 2 is 1.56 bits per heavy atom. The first-order valence-corrected chi connectivity index (χ1v) is 16.4. The van der Waals surface area contributed by atoms with E-state index >= 15 is 0 Å². The topological polar surface area (TPSA) is 149 Å². The molecule has 3 aromatic carbocycles. The van der Waals surface area contributed by atoms with Crippen molar-refractivity contribution in [3.05, 3.63) is 105 Å². The zero-order valence-electron chi connectivity index (χ0n) is 22.7. The average molecular weight is 675 g/mol. The molecule has 0 spiro atoms. The number of alkyl halides is 3. The molecule has 3 unspecified atom stereocenters. The molecule has 3 N–H and O–H groups in total. The number of thioether (sulfide) groups is 1. The molecule has 1 aromatic heterocycles. The zero-order chi connectivity index (χ0) is 32.3. The van der Waals surface area contributed by atoms with E-state index in [4.69, 9.17) is 5.14 Å². The fourth-order valence-electron chi connectivity index (χ4n) is 5.49. The van der Waals surface area contributed by atoms with E-state index < -0.39 is 73.7 Å². The van der Waals surface area contributed by atoms with Gasteiger partial charge in [0.25, 0.3) is 0 Å². The first kappa shape index (κ1) is 30.8. The van der Waals surface area contributed by atoms with Crippen molar-refractivity contribution in [1.82, 2.24) is 4.57 Å². The van der Waals surface area contributed by atoms with Gasteiger partial charge in [-0.2, -0.15) is 13.2 Å². The fourth-order valence-corrected chi connectivity index (χ4v) is 8.78. The normalized spacial score (nSPS) is 19.7. The number of amides is 3. The molecule has 3 atom stereocenters. The van der Waals surface area contributed by atoms with E-state index in [0.717, 1.165) is 39.8 Å². The second-order valence-electron chi connectivity index (χ2n) is 10.2. The first-order valence-electron chi connectivity index (χ1n) is 13.2. The molecule has 0 aliphatic carbocycles. The Kier molecular flexibility index (Phi) is 7.71. The number of carbonyl (C=O) groups excluding carboxylic acids is 3. The summed E-state index contributed by atoms with van der Waals surface area (Å²) >= 11 is 1.66. The van der Waals surface area contributed by atoms with Crippen LogP contribution in [0.5, 0.6) is 0 Å². The van der Waals surface area contributed by atoms with Crippen LogP contribution in [0.3, 0.4) is 0 Å². The second-order valence-corrected chi connectivity index (χ2v) is 13.9. The number of hydrogen-bond acceptors (Lipinski definition) is 8. The maximum atomic E-state index is 13.9. The zero-order valence-corrected chi connectivity index (χ0v) is 25.2. The van der Waals surface area contributed by atoms with Crippen molar-refractivity contribution in [2.45, 2.75) is 33.8 Å². The van der Waals surface area contributed by atoms with Gasteiger partial charge in [0, 0.05) is 16.5 Å². The molecule has 1 saturated heterocycles. The number of fused-ring (bicyclic) bond motifs is 2. The minimum Gasteiger partial charge on any atom is -0.325 e. The minimum absolute atomic E-state index is 0.163. The molecule has 232 valence electrons. The third-order valence-electron chi connectivity index (χ3n) is 7.43. The number of nitrogens with zero attached hydrogens (tertiary/aromatic N) is 2. The van der Waals surface area contributed by atoms with Crippen LogP contribution in [-0.2, 0) is 37.1 Å². The Balaban J connectivity index is 1.38. The van der Waals surface area contributed by atoms with Crippen LogP contribution in [-0.4, -0.2) is 36.0 Å². The molecule has 3 amide bonds. The van der Waals surface area contributed by atoms with Gasteiger partial charge in [0.1, 0.15) is 11.8 Å². The van der Waals surface area contributed by atoms with Crippen LogP contribution in [0.4, 0.5) is 24.5 Å². The molecular formula is C29H21F3N4O6S3. The number of hydrogen-bond donors (Lipinski definition) is 2. The number of para-hydroxylation sites is 1. The van der Waals surface area contributed by atoms with Crippen LogP contribution in [0.2, 0.25) is 0 Å². The molecular weight excluding hydrogens is 654 g/mol. The van der Waals surface area contributed by atoms with Gasteiger partial charge in [-0.15, -0.1) is 0 Å². The van der Waals surface area contributed by atoms with Crippen LogP contribution in [0.1, 0.15) is 21.9 Å². The van der Waals surface area contributed by atoms with Gasteiger partial charge in [-0.05, 0) is 42.0 Å². The van der Waals surface area contributed by atoms with E-state index in [1.54, 1.807) is 30.3 Å². The maximum absolute atomic E-state index is 13.9. The summed E-state index contributed by atoms with van der Waals surface area (Å²) in [6, 6.07) is 18.0. The van der Waals surface area contributed by atoms with Gasteiger partial charge in [0.2, 0.25) is 27.7 Å². The Morgan fingerprint density at radius 3 is 2.20 bits per heavy atom. The van der Waals surface area contributed by atoms with Crippen molar-refractivity contribution < 1.29 is 36.0 Å². The highest BCUT2D eigenvalue weighted by Gasteiger charge is 2.57. The highest BCUT2D eigenvalue weighted by Crippen LogP contribution is 2.54. The van der Waals surface area contributed by atoms with Gasteiger partial charge in [0.15, 0.2) is 0 Å². The van der Waals surface area contributed by atoms with Crippen LogP contribution in [0, 0.1) is 5.92 Å². The summed E-state index contributed by atoms with van der Waals surface area (Å²) in [7, 11) is -3.95. The molecule has 0 saturated carbocycles. The Hall–Kier alpha value is -4.25. The third-order valence-corrected chi connectivity index (χ3v) is 11.0. The lowest BCUT2D eigenvalue weighted by Gasteiger charge is -2.30. The molecule has 2 aliphatic heterocycles. The van der Waals surface area contributed by atoms with Gasteiger partial charge in [0.05, 0.1) is 27.1 Å². The monoisotopic (exact) mass is 674 g/mol. The lowest BCUT2D eigenvalue weighted by molar-refractivity contribution is -0.137. The van der Waals surface area contributed by atoms with Crippen molar-refractivity contribution in [3.63, 3.8) is 0 Å². The number of nitrogens with one attached hydrogen (secondary N) is 1. The van der Waals surface area contributed by atoms with Gasteiger partial charge in [-0.1, -0.05) is 65.6 Å². The summed E-state index contributed by atoms with van der Waals surface area (Å²) in [5.74, 6) is -4.28. The van der Waals surface area contributed by atoms with Gasteiger partial charge < -0.3 is 5.32 Å². The quantitative estimate of drug-likeness (QED) is 0.294. The number of thiazole rings is 1. The summed E-state index contributed by atoms with van der Waals surface area (Å²) in [4.78, 5) is 54.3. The van der Waals surface area contributed by atoms with E-state index in [1.165, 1.54) is 36.4 Å². The molecule has 6 rings (SSSR count). The molecule has 16 heteroatoms. The number of benzene rings is 3. The van der Waals surface area contributed by atoms with Gasteiger partial charge in [-0.3, -0.25) is 23.7 Å². The average Bonchev–Trinajstić information content (AvgIpc) is 3.43. The number of primary sulfonamides is 1. The number of imide groups is 1. The molecule has 3 heterocycles. The summed E-state index contributed by atoms with van der Waals surface area (Å²) < 4.78 is 66.0. The number of nitrogens with two attached hydrogens (primary N) is 1. The fraction of sp³-hybridized carbons (Fsp3) is 0.172. The van der Waals surface area contributed by atoms with Crippen LogP contribution in [0.25, 0.3) is 0 Å². The lowest BCUT2D eigenvalue weighted by Crippen LogP contribution is -2.33. The predicted molar refractivity (Wildman–Crippen MR) is 160 cm³/mol. The largest absolute Gasteiger partial charge is 0.418 e. The van der Waals surface area contributed by atoms with E-state index in [2.05, 4.69) is 5.32 Å². The molecule has 0 bridgehead atoms. The van der Waals surface area contributed by atoms with Crippen molar-refractivity contribution in [3.8, 4) is 0 Å². The van der Waals surface area contributed by atoms with Crippen molar-refractivity contribution >= 4 is 62.2 Å². The summed E-state index contributed by atoms with van der Waals surface area (Å²) in [5.41, 5.74) is -0.897.